The van der Waals surface area contributed by atoms with E-state index in [0.29, 0.717) is 18.7 Å². The smallest absolute Gasteiger partial charge is 0.251 e. The molecular weight excluding hydrogens is 312 g/mol. The lowest BCUT2D eigenvalue weighted by Crippen LogP contribution is -2.22. The summed E-state index contributed by atoms with van der Waals surface area (Å²) in [5.41, 5.74) is 5.54. The van der Waals surface area contributed by atoms with Crippen molar-refractivity contribution in [1.29, 1.82) is 0 Å². The van der Waals surface area contributed by atoms with E-state index >= 15 is 0 Å². The van der Waals surface area contributed by atoms with Crippen LogP contribution in [0.15, 0.2) is 42.5 Å². The van der Waals surface area contributed by atoms with Crippen LogP contribution in [0.3, 0.4) is 0 Å². The Labute approximate surface area is 142 Å². The second-order valence-electron chi connectivity index (χ2n) is 5.52. The number of nitrogens with one attached hydrogen (secondary N) is 2. The molecule has 5 heteroatoms. The molecule has 23 heavy (non-hydrogen) atoms. The van der Waals surface area contributed by atoms with Crippen LogP contribution in [0.5, 0.6) is 0 Å². The van der Waals surface area contributed by atoms with Crippen molar-refractivity contribution in [3.05, 3.63) is 70.3 Å². The lowest BCUT2D eigenvalue weighted by Gasteiger charge is -2.08. The van der Waals surface area contributed by atoms with Gasteiger partial charge in [0.2, 0.25) is 0 Å². The van der Waals surface area contributed by atoms with Crippen LogP contribution in [-0.2, 0) is 31.0 Å². The molecule has 1 heterocycles. The number of amides is 1. The number of hydrogen-bond acceptors (Lipinski definition) is 3. The minimum Gasteiger partial charge on any atom is -0.380 e. The maximum absolute atomic E-state index is 12.2. The highest BCUT2D eigenvalue weighted by Crippen LogP contribution is 2.17. The molecular formula is C18H21ClN2O2. The molecule has 0 saturated carbocycles. The zero-order valence-electron chi connectivity index (χ0n) is 13.1. The summed E-state index contributed by atoms with van der Waals surface area (Å²) in [5, 5.41) is 6.29. The average Bonchev–Trinajstić information content (AvgIpc) is 3.01. The van der Waals surface area contributed by atoms with Gasteiger partial charge in [-0.3, -0.25) is 4.79 Å². The first kappa shape index (κ1) is 17.5. The molecule has 4 nitrogen and oxygen atoms in total. The first-order valence-corrected chi connectivity index (χ1v) is 7.44. The summed E-state index contributed by atoms with van der Waals surface area (Å²) in [4.78, 5) is 12.2. The Hall–Kier alpha value is -1.88. The zero-order valence-corrected chi connectivity index (χ0v) is 13.9. The van der Waals surface area contributed by atoms with E-state index in [2.05, 4.69) is 28.8 Å². The van der Waals surface area contributed by atoms with Crippen molar-refractivity contribution in [2.75, 3.05) is 7.11 Å². The highest BCUT2D eigenvalue weighted by molar-refractivity contribution is 5.94. The number of carbonyl (C=O) groups is 1. The van der Waals surface area contributed by atoms with Crippen molar-refractivity contribution >= 4 is 18.3 Å². The van der Waals surface area contributed by atoms with Gasteiger partial charge in [-0.05, 0) is 34.4 Å². The lowest BCUT2D eigenvalue weighted by molar-refractivity contribution is 0.0951. The third-order valence-corrected chi connectivity index (χ3v) is 3.88. The van der Waals surface area contributed by atoms with Crippen LogP contribution in [0.25, 0.3) is 0 Å². The van der Waals surface area contributed by atoms with Crippen molar-refractivity contribution < 1.29 is 9.53 Å². The van der Waals surface area contributed by atoms with Gasteiger partial charge in [-0.15, -0.1) is 12.4 Å². The highest BCUT2D eigenvalue weighted by Gasteiger charge is 2.11. The van der Waals surface area contributed by atoms with Gasteiger partial charge in [0.15, 0.2) is 0 Å². The summed E-state index contributed by atoms with van der Waals surface area (Å²) in [6.07, 6.45) is 0. The molecule has 0 atom stereocenters. The molecule has 1 aliphatic rings. The molecule has 0 radical (unpaired) electrons. The van der Waals surface area contributed by atoms with Gasteiger partial charge in [0, 0.05) is 32.3 Å². The Morgan fingerprint density at radius 3 is 2.52 bits per heavy atom. The molecule has 1 amide bonds. The van der Waals surface area contributed by atoms with Gasteiger partial charge < -0.3 is 15.4 Å². The summed E-state index contributed by atoms with van der Waals surface area (Å²) < 4.78 is 5.06. The molecule has 3 rings (SSSR count). The van der Waals surface area contributed by atoms with Crippen LogP contribution < -0.4 is 10.6 Å². The normalized spacial score (nSPS) is 12.4. The summed E-state index contributed by atoms with van der Waals surface area (Å²) in [6, 6.07) is 13.9. The van der Waals surface area contributed by atoms with Gasteiger partial charge in [0.05, 0.1) is 6.61 Å². The fraction of sp³-hybridized carbons (Fsp3) is 0.278. The number of carbonyl (C=O) groups excluding carboxylic acids is 1. The number of benzene rings is 2. The molecule has 0 bridgehead atoms. The number of methoxy groups -OCH3 is 1. The Balaban J connectivity index is 0.00000192. The Morgan fingerprint density at radius 2 is 1.78 bits per heavy atom. The van der Waals surface area contributed by atoms with E-state index in [1.165, 1.54) is 11.1 Å². The van der Waals surface area contributed by atoms with Crippen LogP contribution in [-0.4, -0.2) is 13.0 Å². The first-order valence-electron chi connectivity index (χ1n) is 7.44. The van der Waals surface area contributed by atoms with Crippen LogP contribution in [0, 0.1) is 0 Å². The molecule has 122 valence electrons. The number of hydrogen-bond donors (Lipinski definition) is 2. The maximum atomic E-state index is 12.2. The number of fused-ring (bicyclic) bond motifs is 1. The molecule has 2 aromatic carbocycles. The third kappa shape index (κ3) is 4.32. The largest absolute Gasteiger partial charge is 0.380 e. The SMILES string of the molecule is COCc1ccc(C(=O)NCc2ccc3c(c2)CNC3)cc1.Cl. The van der Waals surface area contributed by atoms with E-state index in [0.717, 1.165) is 24.2 Å². The molecule has 0 unspecified atom stereocenters. The van der Waals surface area contributed by atoms with E-state index in [4.69, 9.17) is 4.74 Å². The molecule has 0 aliphatic carbocycles. The average molecular weight is 333 g/mol. The zero-order chi connectivity index (χ0) is 15.4. The second-order valence-corrected chi connectivity index (χ2v) is 5.52. The minimum atomic E-state index is -0.0532. The van der Waals surface area contributed by atoms with Crippen LogP contribution in [0.4, 0.5) is 0 Å². The second kappa shape index (κ2) is 8.11. The Kier molecular flexibility index (Phi) is 6.16. The number of rotatable bonds is 5. The van der Waals surface area contributed by atoms with Crippen molar-refractivity contribution in [3.63, 3.8) is 0 Å². The van der Waals surface area contributed by atoms with Gasteiger partial charge in [-0.1, -0.05) is 30.3 Å². The highest BCUT2D eigenvalue weighted by atomic mass is 35.5. The molecule has 0 saturated heterocycles. The summed E-state index contributed by atoms with van der Waals surface area (Å²) in [5.74, 6) is -0.0532. The Morgan fingerprint density at radius 1 is 1.09 bits per heavy atom. The first-order chi connectivity index (χ1) is 10.8. The van der Waals surface area contributed by atoms with Crippen molar-refractivity contribution in [2.45, 2.75) is 26.2 Å². The Bertz CT molecular complexity index is 671. The van der Waals surface area contributed by atoms with E-state index in [1.807, 2.05) is 24.3 Å². The standard InChI is InChI=1S/C18H20N2O2.ClH/c1-22-12-13-2-5-15(6-3-13)18(21)20-9-14-4-7-16-10-19-11-17(16)8-14;/h2-8,19H,9-12H2,1H3,(H,20,21);1H. The summed E-state index contributed by atoms with van der Waals surface area (Å²) >= 11 is 0. The maximum Gasteiger partial charge on any atom is 0.251 e. The van der Waals surface area contributed by atoms with Gasteiger partial charge in [0.1, 0.15) is 0 Å². The van der Waals surface area contributed by atoms with Gasteiger partial charge in [-0.25, -0.2) is 0 Å². The molecule has 0 fully saturated rings. The fourth-order valence-corrected chi connectivity index (χ4v) is 2.66. The molecule has 2 N–H and O–H groups in total. The van der Waals surface area contributed by atoms with Crippen LogP contribution in [0.1, 0.15) is 32.6 Å². The number of halogens is 1. The molecule has 1 aliphatic heterocycles. The van der Waals surface area contributed by atoms with Gasteiger partial charge >= 0.3 is 0 Å². The van der Waals surface area contributed by atoms with Crippen LogP contribution in [0.2, 0.25) is 0 Å². The van der Waals surface area contributed by atoms with Crippen molar-refractivity contribution in [2.24, 2.45) is 0 Å². The van der Waals surface area contributed by atoms with Gasteiger partial charge in [-0.2, -0.15) is 0 Å². The predicted octanol–water partition coefficient (Wildman–Crippen LogP) is 2.79. The number of ether oxygens (including phenoxy) is 1. The van der Waals surface area contributed by atoms with Crippen molar-refractivity contribution in [3.8, 4) is 0 Å². The topological polar surface area (TPSA) is 50.4 Å². The quantitative estimate of drug-likeness (QED) is 0.885. The van der Waals surface area contributed by atoms with E-state index in [-0.39, 0.29) is 18.3 Å². The fourth-order valence-electron chi connectivity index (χ4n) is 2.66. The minimum absolute atomic E-state index is 0. The lowest BCUT2D eigenvalue weighted by atomic mass is 10.1. The van der Waals surface area contributed by atoms with Crippen LogP contribution >= 0.6 is 12.4 Å². The van der Waals surface area contributed by atoms with Gasteiger partial charge in [0.25, 0.3) is 5.91 Å². The summed E-state index contributed by atoms with van der Waals surface area (Å²) in [6.45, 7) is 2.96. The predicted molar refractivity (Wildman–Crippen MR) is 92.6 cm³/mol. The van der Waals surface area contributed by atoms with E-state index in [1.54, 1.807) is 7.11 Å². The molecule has 0 aromatic heterocycles. The third-order valence-electron chi connectivity index (χ3n) is 3.88. The van der Waals surface area contributed by atoms with E-state index < -0.39 is 0 Å². The molecule has 2 aromatic rings. The molecule has 0 spiro atoms. The monoisotopic (exact) mass is 332 g/mol. The van der Waals surface area contributed by atoms with E-state index in [9.17, 15) is 4.79 Å². The van der Waals surface area contributed by atoms with Crippen molar-refractivity contribution in [1.82, 2.24) is 10.6 Å². The summed E-state index contributed by atoms with van der Waals surface area (Å²) in [7, 11) is 1.66.